The van der Waals surface area contributed by atoms with Crippen molar-refractivity contribution in [2.45, 2.75) is 0 Å². The summed E-state index contributed by atoms with van der Waals surface area (Å²) >= 11 is 3.36. The van der Waals surface area contributed by atoms with Gasteiger partial charge in [-0.25, -0.2) is 10.2 Å². The molecule has 3 rings (SSSR count). The van der Waals surface area contributed by atoms with Crippen LogP contribution in [0.15, 0.2) is 70.2 Å². The Morgan fingerprint density at radius 3 is 2.25 bits per heavy atom. The van der Waals surface area contributed by atoms with Crippen LogP contribution < -0.4 is 19.6 Å². The van der Waals surface area contributed by atoms with Gasteiger partial charge in [0.1, 0.15) is 11.5 Å². The molecule has 0 aliphatic carbocycles. The van der Waals surface area contributed by atoms with Crippen molar-refractivity contribution in [3.63, 3.8) is 0 Å². The average Bonchev–Trinajstić information content (AvgIpc) is 2.80. The zero-order valence-electron chi connectivity index (χ0n) is 17.2. The molecule has 9 heteroatoms. The summed E-state index contributed by atoms with van der Waals surface area (Å²) in [7, 11) is 2.98. The van der Waals surface area contributed by atoms with Crippen LogP contribution in [0.3, 0.4) is 0 Å². The first-order valence-electron chi connectivity index (χ1n) is 9.27. The highest BCUT2D eigenvalue weighted by molar-refractivity contribution is 9.10. The number of halogens is 1. The van der Waals surface area contributed by atoms with Crippen molar-refractivity contribution in [1.82, 2.24) is 5.43 Å². The zero-order chi connectivity index (χ0) is 23.1. The third-order valence-corrected chi connectivity index (χ3v) is 4.79. The predicted octanol–water partition coefficient (Wildman–Crippen LogP) is 4.16. The Morgan fingerprint density at radius 2 is 1.56 bits per heavy atom. The minimum absolute atomic E-state index is 0.0557. The van der Waals surface area contributed by atoms with E-state index in [0.717, 1.165) is 4.47 Å². The van der Waals surface area contributed by atoms with Crippen molar-refractivity contribution in [1.29, 1.82) is 0 Å². The molecule has 0 aromatic heterocycles. The number of nitrogens with one attached hydrogen (secondary N) is 1. The smallest absolute Gasteiger partial charge is 0.343 e. The van der Waals surface area contributed by atoms with Gasteiger partial charge in [0, 0.05) is 15.6 Å². The molecule has 0 radical (unpaired) electrons. The lowest BCUT2D eigenvalue weighted by atomic mass is 10.2. The molecule has 3 aromatic carbocycles. The first-order chi connectivity index (χ1) is 15.4. The van der Waals surface area contributed by atoms with E-state index in [0.29, 0.717) is 22.6 Å². The van der Waals surface area contributed by atoms with Gasteiger partial charge in [-0.15, -0.1) is 0 Å². The minimum Gasteiger partial charge on any atom is -0.508 e. The molecule has 3 aromatic rings. The van der Waals surface area contributed by atoms with Gasteiger partial charge >= 0.3 is 5.97 Å². The summed E-state index contributed by atoms with van der Waals surface area (Å²) < 4.78 is 16.7. The van der Waals surface area contributed by atoms with Gasteiger partial charge in [0.25, 0.3) is 5.91 Å². The molecule has 0 saturated carbocycles. The first kappa shape index (κ1) is 22.8. The number of ether oxygens (including phenoxy) is 3. The van der Waals surface area contributed by atoms with Gasteiger partial charge in [0.05, 0.1) is 26.0 Å². The molecule has 0 heterocycles. The van der Waals surface area contributed by atoms with Crippen molar-refractivity contribution >= 4 is 34.0 Å². The summed E-state index contributed by atoms with van der Waals surface area (Å²) in [6.45, 7) is 0. The SMILES string of the molecule is COc1ccc(C(=O)Oc2ccc(Br)cc2/C=N/NC(=O)c2ccc(O)cc2)cc1OC. The largest absolute Gasteiger partial charge is 0.508 e. The molecule has 0 atom stereocenters. The number of carbonyl (C=O) groups is 2. The van der Waals surface area contributed by atoms with Crippen LogP contribution in [0.5, 0.6) is 23.0 Å². The topological polar surface area (TPSA) is 106 Å². The molecule has 0 fully saturated rings. The second-order valence-corrected chi connectivity index (χ2v) is 7.30. The Morgan fingerprint density at radius 1 is 0.906 bits per heavy atom. The zero-order valence-corrected chi connectivity index (χ0v) is 18.8. The number of hydrogen-bond acceptors (Lipinski definition) is 7. The van der Waals surface area contributed by atoms with Crippen LogP contribution in [0.4, 0.5) is 0 Å². The summed E-state index contributed by atoms with van der Waals surface area (Å²) in [6.07, 6.45) is 1.36. The van der Waals surface area contributed by atoms with Crippen LogP contribution in [0, 0.1) is 0 Å². The van der Waals surface area contributed by atoms with Crippen LogP contribution in [0.2, 0.25) is 0 Å². The van der Waals surface area contributed by atoms with Crippen LogP contribution in [0.25, 0.3) is 0 Å². The number of phenolic OH excluding ortho intramolecular Hbond substituents is 1. The number of phenols is 1. The number of hydrazone groups is 1. The second kappa shape index (κ2) is 10.5. The fourth-order valence-electron chi connectivity index (χ4n) is 2.67. The molecule has 0 bridgehead atoms. The van der Waals surface area contributed by atoms with E-state index in [1.165, 1.54) is 50.8 Å². The van der Waals surface area contributed by atoms with E-state index in [2.05, 4.69) is 26.5 Å². The third-order valence-electron chi connectivity index (χ3n) is 4.29. The van der Waals surface area contributed by atoms with Gasteiger partial charge in [-0.05, 0) is 60.7 Å². The van der Waals surface area contributed by atoms with Gasteiger partial charge in [-0.2, -0.15) is 5.10 Å². The highest BCUT2D eigenvalue weighted by Gasteiger charge is 2.15. The summed E-state index contributed by atoms with van der Waals surface area (Å²) in [6, 6.07) is 15.4. The average molecular weight is 499 g/mol. The van der Waals surface area contributed by atoms with Crippen molar-refractivity contribution in [3.8, 4) is 23.0 Å². The molecule has 0 saturated heterocycles. The van der Waals surface area contributed by atoms with Crippen molar-refractivity contribution in [3.05, 3.63) is 81.8 Å². The Balaban J connectivity index is 1.76. The number of carbonyl (C=O) groups excluding carboxylic acids is 2. The van der Waals surface area contributed by atoms with Gasteiger partial charge in [0.2, 0.25) is 0 Å². The number of nitrogens with zero attached hydrogens (tertiary/aromatic N) is 1. The van der Waals surface area contributed by atoms with Gasteiger partial charge in [0.15, 0.2) is 11.5 Å². The van der Waals surface area contributed by atoms with Crippen molar-refractivity contribution < 1.29 is 28.9 Å². The lowest BCUT2D eigenvalue weighted by molar-refractivity contribution is 0.0733. The number of amides is 1. The van der Waals surface area contributed by atoms with Gasteiger partial charge in [-0.1, -0.05) is 15.9 Å². The monoisotopic (exact) mass is 498 g/mol. The highest BCUT2D eigenvalue weighted by Crippen LogP contribution is 2.29. The lowest BCUT2D eigenvalue weighted by Gasteiger charge is -2.11. The molecular weight excluding hydrogens is 480 g/mol. The maximum atomic E-state index is 12.6. The highest BCUT2D eigenvalue weighted by atomic mass is 79.9. The van der Waals surface area contributed by atoms with E-state index in [4.69, 9.17) is 14.2 Å². The summed E-state index contributed by atoms with van der Waals surface area (Å²) in [5.41, 5.74) is 3.45. The lowest BCUT2D eigenvalue weighted by Crippen LogP contribution is -2.17. The van der Waals surface area contributed by atoms with E-state index >= 15 is 0 Å². The molecule has 0 aliphatic heterocycles. The number of benzene rings is 3. The predicted molar refractivity (Wildman–Crippen MR) is 122 cm³/mol. The van der Waals surface area contributed by atoms with Gasteiger partial charge < -0.3 is 19.3 Å². The van der Waals surface area contributed by atoms with E-state index in [1.54, 1.807) is 30.3 Å². The first-order valence-corrected chi connectivity index (χ1v) is 10.1. The fraction of sp³-hybridized carbons (Fsp3) is 0.0870. The van der Waals surface area contributed by atoms with Crippen LogP contribution in [-0.2, 0) is 0 Å². The standard InChI is InChI=1S/C23H19BrN2O6/c1-30-20-9-5-15(12-21(20)31-2)23(29)32-19-10-6-17(24)11-16(19)13-25-26-22(28)14-3-7-18(27)8-4-14/h3-13,27H,1-2H3,(H,26,28)/b25-13+. The molecule has 0 unspecified atom stereocenters. The Bertz CT molecular complexity index is 1160. The van der Waals surface area contributed by atoms with E-state index < -0.39 is 11.9 Å². The Labute approximate surface area is 192 Å². The van der Waals surface area contributed by atoms with Crippen LogP contribution in [0.1, 0.15) is 26.3 Å². The summed E-state index contributed by atoms with van der Waals surface area (Å²) in [5.74, 6) is 0.133. The van der Waals surface area contributed by atoms with Gasteiger partial charge in [-0.3, -0.25) is 4.79 Å². The quantitative estimate of drug-likeness (QED) is 0.219. The molecule has 32 heavy (non-hydrogen) atoms. The fourth-order valence-corrected chi connectivity index (χ4v) is 3.05. The van der Waals surface area contributed by atoms with E-state index in [9.17, 15) is 14.7 Å². The van der Waals surface area contributed by atoms with E-state index in [1.807, 2.05) is 0 Å². The number of methoxy groups -OCH3 is 2. The maximum Gasteiger partial charge on any atom is 0.343 e. The number of aromatic hydroxyl groups is 1. The number of rotatable bonds is 7. The molecule has 0 spiro atoms. The summed E-state index contributed by atoms with van der Waals surface area (Å²) in [5, 5.41) is 13.2. The number of hydrogen-bond donors (Lipinski definition) is 2. The normalized spacial score (nSPS) is 10.6. The van der Waals surface area contributed by atoms with Crippen molar-refractivity contribution in [2.75, 3.05) is 14.2 Å². The van der Waals surface area contributed by atoms with Crippen molar-refractivity contribution in [2.24, 2.45) is 5.10 Å². The van der Waals surface area contributed by atoms with Crippen LogP contribution in [-0.4, -0.2) is 37.4 Å². The number of esters is 1. The Kier molecular flexibility index (Phi) is 7.45. The van der Waals surface area contributed by atoms with E-state index in [-0.39, 0.29) is 17.1 Å². The summed E-state index contributed by atoms with van der Waals surface area (Å²) in [4.78, 5) is 24.8. The molecule has 1 amide bonds. The molecular formula is C23H19BrN2O6. The molecule has 164 valence electrons. The minimum atomic E-state index is -0.601. The molecule has 8 nitrogen and oxygen atoms in total. The van der Waals surface area contributed by atoms with Crippen LogP contribution >= 0.6 is 15.9 Å². The second-order valence-electron chi connectivity index (χ2n) is 6.39. The third kappa shape index (κ3) is 5.64. The Hall–Kier alpha value is -3.85. The molecule has 2 N–H and O–H groups in total. The molecule has 0 aliphatic rings. The maximum absolute atomic E-state index is 12.6.